The molecule has 0 aromatic carbocycles. The molecule has 1 fully saturated rings. The first-order valence-electron chi connectivity index (χ1n) is 9.04. The van der Waals surface area contributed by atoms with Crippen molar-refractivity contribution in [2.75, 3.05) is 31.2 Å². The Kier molecular flexibility index (Phi) is 8.24. The molecule has 0 bridgehead atoms. The maximum atomic E-state index is 5.39. The average molecular weight is 305 g/mol. The summed E-state index contributed by atoms with van der Waals surface area (Å²) in [5.41, 5.74) is 1.18. The summed E-state index contributed by atoms with van der Waals surface area (Å²) in [6, 6.07) is 2.16. The summed E-state index contributed by atoms with van der Waals surface area (Å²) in [6.45, 7) is 5.75. The Labute approximate surface area is 135 Å². The largest absolute Gasteiger partial charge is 0.378 e. The molecule has 1 saturated heterocycles. The summed E-state index contributed by atoms with van der Waals surface area (Å²) in [5.74, 6) is 1.06. The normalized spacial score (nSPS) is 15.2. The number of rotatable bonds is 10. The van der Waals surface area contributed by atoms with E-state index in [0.29, 0.717) is 0 Å². The molecule has 2 heterocycles. The average Bonchev–Trinajstić information content (AvgIpc) is 2.58. The van der Waals surface area contributed by atoms with E-state index in [9.17, 15) is 0 Å². The fraction of sp³-hybridized carbons (Fsp3) is 0.778. The molecule has 1 aliphatic rings. The van der Waals surface area contributed by atoms with Crippen LogP contribution in [0.15, 0.2) is 12.4 Å². The molecule has 4 nitrogen and oxygen atoms in total. The number of hydrogen-bond acceptors (Lipinski definition) is 4. The Morgan fingerprint density at radius 3 is 2.36 bits per heavy atom. The highest BCUT2D eigenvalue weighted by Crippen LogP contribution is 2.15. The Bertz CT molecular complexity index is 405. The molecule has 2 rings (SSSR count). The van der Waals surface area contributed by atoms with Crippen LogP contribution in [0.1, 0.15) is 64.0 Å². The second kappa shape index (κ2) is 10.5. The van der Waals surface area contributed by atoms with Gasteiger partial charge in [0.05, 0.1) is 13.2 Å². The van der Waals surface area contributed by atoms with Gasteiger partial charge >= 0.3 is 0 Å². The van der Waals surface area contributed by atoms with Gasteiger partial charge in [0.2, 0.25) is 0 Å². The minimum atomic E-state index is 0.803. The van der Waals surface area contributed by atoms with E-state index in [1.165, 1.54) is 57.1 Å². The van der Waals surface area contributed by atoms with Crippen LogP contribution >= 0.6 is 0 Å². The lowest BCUT2D eigenvalue weighted by Crippen LogP contribution is -2.36. The maximum absolute atomic E-state index is 5.39. The van der Waals surface area contributed by atoms with Crippen LogP contribution in [0.3, 0.4) is 0 Å². The smallest absolute Gasteiger partial charge is 0.132 e. The molecule has 1 aliphatic heterocycles. The Hall–Kier alpha value is -1.16. The Morgan fingerprint density at radius 1 is 0.955 bits per heavy atom. The van der Waals surface area contributed by atoms with Gasteiger partial charge in [0.15, 0.2) is 0 Å². The third-order valence-electron chi connectivity index (χ3n) is 4.33. The van der Waals surface area contributed by atoms with Crippen LogP contribution in [-0.2, 0) is 11.2 Å². The molecule has 0 spiro atoms. The van der Waals surface area contributed by atoms with E-state index in [1.54, 1.807) is 6.33 Å². The topological polar surface area (TPSA) is 38.2 Å². The molecule has 1 aromatic rings. The standard InChI is InChI=1S/C18H31N3O/c1-2-3-4-5-6-7-8-9-10-17-15-18(20-16-19-17)21-11-13-22-14-12-21/h15-16H,2-14H2,1H3. The van der Waals surface area contributed by atoms with Crippen molar-refractivity contribution in [1.82, 2.24) is 9.97 Å². The van der Waals surface area contributed by atoms with Crippen molar-refractivity contribution < 1.29 is 4.74 Å². The molecule has 124 valence electrons. The minimum Gasteiger partial charge on any atom is -0.378 e. The number of morpholine rings is 1. The van der Waals surface area contributed by atoms with Crippen molar-refractivity contribution >= 4 is 5.82 Å². The molecule has 0 unspecified atom stereocenters. The lowest BCUT2D eigenvalue weighted by Gasteiger charge is -2.27. The summed E-state index contributed by atoms with van der Waals surface area (Å²) in [5, 5.41) is 0. The van der Waals surface area contributed by atoms with E-state index < -0.39 is 0 Å². The zero-order valence-corrected chi connectivity index (χ0v) is 14.1. The van der Waals surface area contributed by atoms with E-state index >= 15 is 0 Å². The first kappa shape index (κ1) is 17.2. The number of anilines is 1. The fourth-order valence-corrected chi connectivity index (χ4v) is 2.93. The van der Waals surface area contributed by atoms with Crippen molar-refractivity contribution in [3.63, 3.8) is 0 Å². The second-order valence-corrected chi connectivity index (χ2v) is 6.19. The molecule has 0 radical (unpaired) electrons. The SMILES string of the molecule is CCCCCCCCCCc1cc(N2CCOCC2)ncn1. The van der Waals surface area contributed by atoms with Gasteiger partial charge in [-0.15, -0.1) is 0 Å². The maximum Gasteiger partial charge on any atom is 0.132 e. The molecule has 0 atom stereocenters. The molecule has 4 heteroatoms. The first-order chi connectivity index (χ1) is 10.9. The van der Waals surface area contributed by atoms with Crippen molar-refractivity contribution in [2.45, 2.75) is 64.7 Å². The summed E-state index contributed by atoms with van der Waals surface area (Å²) < 4.78 is 5.39. The number of ether oxygens (including phenoxy) is 1. The molecule has 0 aliphatic carbocycles. The molecule has 0 N–H and O–H groups in total. The van der Waals surface area contributed by atoms with Gasteiger partial charge in [-0.3, -0.25) is 0 Å². The minimum absolute atomic E-state index is 0.803. The molecule has 1 aromatic heterocycles. The van der Waals surface area contributed by atoms with Gasteiger partial charge < -0.3 is 9.64 Å². The monoisotopic (exact) mass is 305 g/mol. The Balaban J connectivity index is 1.63. The van der Waals surface area contributed by atoms with E-state index in [0.717, 1.165) is 38.5 Å². The lowest BCUT2D eigenvalue weighted by molar-refractivity contribution is 0.122. The predicted octanol–water partition coefficient (Wildman–Crippen LogP) is 4.00. The van der Waals surface area contributed by atoms with E-state index in [-0.39, 0.29) is 0 Å². The summed E-state index contributed by atoms with van der Waals surface area (Å²) in [6.07, 6.45) is 13.7. The molecule has 0 amide bonds. The number of aromatic nitrogens is 2. The predicted molar refractivity (Wildman–Crippen MR) is 91.4 cm³/mol. The number of aryl methyl sites for hydroxylation is 1. The molecular formula is C18H31N3O. The van der Waals surface area contributed by atoms with Gasteiger partial charge in [0.25, 0.3) is 0 Å². The highest BCUT2D eigenvalue weighted by Gasteiger charge is 2.12. The zero-order valence-electron chi connectivity index (χ0n) is 14.1. The van der Waals surface area contributed by atoms with Gasteiger partial charge in [0.1, 0.15) is 12.1 Å². The Morgan fingerprint density at radius 2 is 1.64 bits per heavy atom. The van der Waals surface area contributed by atoms with Crippen molar-refractivity contribution in [3.8, 4) is 0 Å². The highest BCUT2D eigenvalue weighted by atomic mass is 16.5. The summed E-state index contributed by atoms with van der Waals surface area (Å²) >= 11 is 0. The van der Waals surface area contributed by atoms with Crippen LogP contribution < -0.4 is 4.90 Å². The fourth-order valence-electron chi connectivity index (χ4n) is 2.93. The van der Waals surface area contributed by atoms with Gasteiger partial charge in [0, 0.05) is 24.8 Å². The summed E-state index contributed by atoms with van der Waals surface area (Å²) in [7, 11) is 0. The highest BCUT2D eigenvalue weighted by molar-refractivity contribution is 5.39. The third kappa shape index (κ3) is 6.30. The van der Waals surface area contributed by atoms with Crippen molar-refractivity contribution in [1.29, 1.82) is 0 Å². The van der Waals surface area contributed by atoms with Crippen LogP contribution in [0.2, 0.25) is 0 Å². The molecule has 22 heavy (non-hydrogen) atoms. The quantitative estimate of drug-likeness (QED) is 0.612. The van der Waals surface area contributed by atoms with Crippen molar-refractivity contribution in [3.05, 3.63) is 18.1 Å². The number of hydrogen-bond donors (Lipinski definition) is 0. The zero-order chi connectivity index (χ0) is 15.5. The third-order valence-corrected chi connectivity index (χ3v) is 4.33. The molecule has 0 saturated carbocycles. The van der Waals surface area contributed by atoms with Gasteiger partial charge in [-0.25, -0.2) is 9.97 Å². The number of unbranched alkanes of at least 4 members (excludes halogenated alkanes) is 7. The van der Waals surface area contributed by atoms with Gasteiger partial charge in [-0.2, -0.15) is 0 Å². The van der Waals surface area contributed by atoms with Gasteiger partial charge in [-0.1, -0.05) is 51.9 Å². The number of nitrogens with zero attached hydrogens (tertiary/aromatic N) is 3. The lowest BCUT2D eigenvalue weighted by atomic mass is 10.1. The first-order valence-corrected chi connectivity index (χ1v) is 9.04. The van der Waals surface area contributed by atoms with Crippen LogP contribution in [0.25, 0.3) is 0 Å². The van der Waals surface area contributed by atoms with E-state index in [4.69, 9.17) is 4.74 Å². The second-order valence-electron chi connectivity index (χ2n) is 6.19. The van der Waals surface area contributed by atoms with Crippen LogP contribution in [0, 0.1) is 0 Å². The summed E-state index contributed by atoms with van der Waals surface area (Å²) in [4.78, 5) is 11.1. The van der Waals surface area contributed by atoms with Crippen LogP contribution in [0.4, 0.5) is 5.82 Å². The van der Waals surface area contributed by atoms with Crippen LogP contribution in [-0.4, -0.2) is 36.3 Å². The van der Waals surface area contributed by atoms with Crippen LogP contribution in [0.5, 0.6) is 0 Å². The van der Waals surface area contributed by atoms with E-state index in [1.807, 2.05) is 0 Å². The molecular weight excluding hydrogens is 274 g/mol. The van der Waals surface area contributed by atoms with Crippen molar-refractivity contribution in [2.24, 2.45) is 0 Å². The van der Waals surface area contributed by atoms with Gasteiger partial charge in [-0.05, 0) is 12.8 Å². The van der Waals surface area contributed by atoms with E-state index in [2.05, 4.69) is 27.9 Å².